The molecule has 1 aliphatic heterocycles. The average molecular weight is 243 g/mol. The molecule has 1 amide bonds. The topological polar surface area (TPSA) is 38.8 Å². The van der Waals surface area contributed by atoms with Crippen LogP contribution in [-0.2, 0) is 14.3 Å². The molecule has 1 unspecified atom stereocenters. The molecule has 1 aliphatic rings. The molecule has 90 valence electrons. The van der Waals surface area contributed by atoms with E-state index in [2.05, 4.69) is 18.5 Å². The number of amides is 1. The van der Waals surface area contributed by atoms with Crippen molar-refractivity contribution < 1.29 is 14.3 Å². The van der Waals surface area contributed by atoms with Gasteiger partial charge in [0.25, 0.3) is 0 Å². The number of ether oxygens (including phenoxy) is 2. The Labute approximate surface area is 102 Å². The number of hydrogen-bond donors (Lipinski definition) is 1. The van der Waals surface area contributed by atoms with Crippen LogP contribution in [-0.4, -0.2) is 55.6 Å². The van der Waals surface area contributed by atoms with Crippen LogP contribution >= 0.6 is 12.6 Å². The summed E-state index contributed by atoms with van der Waals surface area (Å²) in [6.07, 6.45) is 5.55. The van der Waals surface area contributed by atoms with Crippen molar-refractivity contribution in [3.05, 3.63) is 0 Å². The third-order valence-corrected chi connectivity index (χ3v) is 2.60. The maximum atomic E-state index is 11.4. The Balaban J connectivity index is 1.95. The Morgan fingerprint density at radius 3 is 2.81 bits per heavy atom. The van der Waals surface area contributed by atoms with Crippen molar-refractivity contribution in [2.75, 3.05) is 39.5 Å². The third kappa shape index (κ3) is 4.88. The summed E-state index contributed by atoms with van der Waals surface area (Å²) in [6.45, 7) is 3.20. The monoisotopic (exact) mass is 243 g/mol. The molecule has 0 N–H and O–H groups in total. The highest BCUT2D eigenvalue weighted by atomic mass is 32.1. The molecule has 1 fully saturated rings. The summed E-state index contributed by atoms with van der Waals surface area (Å²) in [5.41, 5.74) is 0. The van der Waals surface area contributed by atoms with Crippen LogP contribution < -0.4 is 0 Å². The van der Waals surface area contributed by atoms with E-state index in [4.69, 9.17) is 15.9 Å². The summed E-state index contributed by atoms with van der Waals surface area (Å²) in [6, 6.07) is 0. The van der Waals surface area contributed by atoms with Crippen LogP contribution in [0.3, 0.4) is 0 Å². The van der Waals surface area contributed by atoms with Crippen LogP contribution in [0.1, 0.15) is 6.42 Å². The molecule has 1 heterocycles. The second-order valence-corrected chi connectivity index (χ2v) is 4.30. The lowest BCUT2D eigenvalue weighted by Crippen LogP contribution is -2.29. The number of carbonyl (C=O) groups excluding carboxylic acids is 1. The Morgan fingerprint density at radius 1 is 1.44 bits per heavy atom. The second-order valence-electron chi connectivity index (χ2n) is 3.57. The number of carbonyl (C=O) groups is 1. The first-order chi connectivity index (χ1) is 7.74. The van der Waals surface area contributed by atoms with Gasteiger partial charge in [0.1, 0.15) is 6.61 Å². The Kier molecular flexibility index (Phi) is 6.31. The van der Waals surface area contributed by atoms with E-state index < -0.39 is 0 Å². The van der Waals surface area contributed by atoms with Gasteiger partial charge >= 0.3 is 0 Å². The normalized spacial score (nSPS) is 20.1. The molecule has 0 radical (unpaired) electrons. The van der Waals surface area contributed by atoms with Gasteiger partial charge in [-0.1, -0.05) is 5.92 Å². The zero-order chi connectivity index (χ0) is 11.8. The minimum atomic E-state index is 0.159. The van der Waals surface area contributed by atoms with Gasteiger partial charge in [0, 0.05) is 24.8 Å². The third-order valence-electron chi connectivity index (χ3n) is 2.26. The van der Waals surface area contributed by atoms with Crippen molar-refractivity contribution in [1.29, 1.82) is 0 Å². The lowest BCUT2D eigenvalue weighted by atomic mass is 10.4. The van der Waals surface area contributed by atoms with Crippen LogP contribution in [0.4, 0.5) is 0 Å². The van der Waals surface area contributed by atoms with Gasteiger partial charge in [0.05, 0.1) is 19.8 Å². The van der Waals surface area contributed by atoms with Crippen LogP contribution in [0.25, 0.3) is 0 Å². The summed E-state index contributed by atoms with van der Waals surface area (Å²) in [4.78, 5) is 13.1. The standard InChI is InChI=1S/C11H17NO3S/c1-2-4-14-6-7-15-5-3-12-9-10(16)8-11(12)13/h1,10,16H,3-9H2. The highest BCUT2D eigenvalue weighted by Gasteiger charge is 2.26. The first kappa shape index (κ1) is 13.4. The predicted molar refractivity (Wildman–Crippen MR) is 64.4 cm³/mol. The number of likely N-dealkylation sites (tertiary alicyclic amines) is 1. The molecule has 1 rings (SSSR count). The molecule has 0 spiro atoms. The average Bonchev–Trinajstić information content (AvgIpc) is 2.56. The van der Waals surface area contributed by atoms with Gasteiger partial charge in [0.15, 0.2) is 0 Å². The first-order valence-corrected chi connectivity index (χ1v) is 5.80. The van der Waals surface area contributed by atoms with E-state index in [1.54, 1.807) is 4.90 Å². The van der Waals surface area contributed by atoms with Crippen LogP contribution in [0.15, 0.2) is 0 Å². The lowest BCUT2D eigenvalue weighted by molar-refractivity contribution is -0.128. The molecule has 0 aromatic rings. The molecule has 0 aromatic carbocycles. The second kappa shape index (κ2) is 7.55. The molecule has 1 saturated heterocycles. The fourth-order valence-electron chi connectivity index (χ4n) is 1.49. The van der Waals surface area contributed by atoms with Gasteiger partial charge in [-0.15, -0.1) is 6.42 Å². The van der Waals surface area contributed by atoms with Crippen molar-refractivity contribution in [2.24, 2.45) is 0 Å². The summed E-state index contributed by atoms with van der Waals surface area (Å²) in [5.74, 6) is 2.53. The van der Waals surface area contributed by atoms with Gasteiger partial charge in [-0.2, -0.15) is 12.6 Å². The van der Waals surface area contributed by atoms with E-state index in [9.17, 15) is 4.79 Å². The van der Waals surface area contributed by atoms with Crippen molar-refractivity contribution in [3.8, 4) is 12.3 Å². The molecule has 5 heteroatoms. The predicted octanol–water partition coefficient (Wildman–Crippen LogP) is 0.183. The quantitative estimate of drug-likeness (QED) is 0.394. The molecule has 1 atom stereocenters. The summed E-state index contributed by atoms with van der Waals surface area (Å²) >= 11 is 4.27. The molecule has 0 aromatic heterocycles. The van der Waals surface area contributed by atoms with Gasteiger partial charge < -0.3 is 14.4 Å². The lowest BCUT2D eigenvalue weighted by Gasteiger charge is -2.15. The summed E-state index contributed by atoms with van der Waals surface area (Å²) in [7, 11) is 0. The minimum Gasteiger partial charge on any atom is -0.377 e. The summed E-state index contributed by atoms with van der Waals surface area (Å²) in [5, 5.41) is 0.173. The molecule has 16 heavy (non-hydrogen) atoms. The van der Waals surface area contributed by atoms with E-state index >= 15 is 0 Å². The maximum Gasteiger partial charge on any atom is 0.223 e. The first-order valence-electron chi connectivity index (χ1n) is 5.29. The Hall–Kier alpha value is -0.700. The molecule has 0 bridgehead atoms. The zero-order valence-corrected chi connectivity index (χ0v) is 10.1. The fourth-order valence-corrected chi connectivity index (χ4v) is 1.85. The highest BCUT2D eigenvalue weighted by Crippen LogP contribution is 2.14. The Bertz CT molecular complexity index is 264. The maximum absolute atomic E-state index is 11.4. The number of nitrogens with zero attached hydrogens (tertiary/aromatic N) is 1. The van der Waals surface area contributed by atoms with Crippen molar-refractivity contribution in [3.63, 3.8) is 0 Å². The number of hydrogen-bond acceptors (Lipinski definition) is 4. The van der Waals surface area contributed by atoms with Gasteiger partial charge in [0.2, 0.25) is 5.91 Å². The SMILES string of the molecule is C#CCOCCOCCN1CC(S)CC1=O. The van der Waals surface area contributed by atoms with E-state index in [0.29, 0.717) is 39.4 Å². The smallest absolute Gasteiger partial charge is 0.223 e. The molecule has 4 nitrogen and oxygen atoms in total. The molecular formula is C11H17NO3S. The molecular weight excluding hydrogens is 226 g/mol. The van der Waals surface area contributed by atoms with E-state index in [0.717, 1.165) is 6.54 Å². The van der Waals surface area contributed by atoms with E-state index in [1.165, 1.54) is 0 Å². The minimum absolute atomic E-state index is 0.159. The van der Waals surface area contributed by atoms with Crippen LogP contribution in [0.2, 0.25) is 0 Å². The number of thiol groups is 1. The van der Waals surface area contributed by atoms with Gasteiger partial charge in [-0.25, -0.2) is 0 Å². The Morgan fingerprint density at radius 2 is 2.19 bits per heavy atom. The number of rotatable bonds is 7. The zero-order valence-electron chi connectivity index (χ0n) is 9.22. The largest absolute Gasteiger partial charge is 0.377 e. The number of terminal acetylenes is 1. The van der Waals surface area contributed by atoms with Crippen LogP contribution in [0, 0.1) is 12.3 Å². The van der Waals surface area contributed by atoms with E-state index in [-0.39, 0.29) is 11.2 Å². The summed E-state index contributed by atoms with van der Waals surface area (Å²) < 4.78 is 10.4. The highest BCUT2D eigenvalue weighted by molar-refractivity contribution is 7.81. The van der Waals surface area contributed by atoms with Gasteiger partial charge in [-0.3, -0.25) is 4.79 Å². The van der Waals surface area contributed by atoms with Gasteiger partial charge in [-0.05, 0) is 0 Å². The van der Waals surface area contributed by atoms with Crippen molar-refractivity contribution in [2.45, 2.75) is 11.7 Å². The van der Waals surface area contributed by atoms with Crippen LogP contribution in [0.5, 0.6) is 0 Å². The van der Waals surface area contributed by atoms with Crippen molar-refractivity contribution >= 4 is 18.5 Å². The van der Waals surface area contributed by atoms with E-state index in [1.807, 2.05) is 0 Å². The van der Waals surface area contributed by atoms with Crippen molar-refractivity contribution in [1.82, 2.24) is 4.90 Å². The molecule has 0 aliphatic carbocycles. The fraction of sp³-hybridized carbons (Fsp3) is 0.727. The molecule has 0 saturated carbocycles.